The number of hydrogen-bond donors (Lipinski definition) is 3. The van der Waals surface area contributed by atoms with Gasteiger partial charge in [0, 0.05) is 49.9 Å². The largest absolute Gasteiger partial charge is 0.344 e. The molecule has 0 unspecified atom stereocenters. The molecule has 5 heterocycles. The van der Waals surface area contributed by atoms with Crippen LogP contribution < -0.4 is 10.6 Å². The van der Waals surface area contributed by atoms with Crippen molar-refractivity contribution in [3.8, 4) is 0 Å². The second-order valence-corrected chi connectivity index (χ2v) is 13.4. The van der Waals surface area contributed by atoms with Crippen molar-refractivity contribution in [3.63, 3.8) is 0 Å². The third-order valence-electron chi connectivity index (χ3n) is 9.88. The number of rotatable bonds is 2. The van der Waals surface area contributed by atoms with Crippen molar-refractivity contribution in [2.45, 2.75) is 56.9 Å². The van der Waals surface area contributed by atoms with Gasteiger partial charge in [0.2, 0.25) is 11.8 Å². The van der Waals surface area contributed by atoms with Crippen LogP contribution in [0.2, 0.25) is 0 Å². The van der Waals surface area contributed by atoms with E-state index in [0.29, 0.717) is 31.6 Å². The number of anilines is 1. The van der Waals surface area contributed by atoms with Crippen LogP contribution in [0, 0.1) is 6.92 Å². The summed E-state index contributed by atoms with van der Waals surface area (Å²) < 4.78 is 0. The summed E-state index contributed by atoms with van der Waals surface area (Å²) in [6, 6.07) is 7.09. The molecule has 3 aliphatic rings. The minimum Gasteiger partial charge on any atom is -0.344 e. The Kier molecular flexibility index (Phi) is 8.09. The van der Waals surface area contributed by atoms with Crippen molar-refractivity contribution in [2.75, 3.05) is 39.0 Å². The maximum atomic E-state index is 13.9. The Hall–Kier alpha value is -4.90. The lowest BCUT2D eigenvalue weighted by Gasteiger charge is -2.25. The number of fused-ring (bicyclic) bond motifs is 3. The lowest BCUT2D eigenvalue weighted by Crippen LogP contribution is -2.49. The maximum absolute atomic E-state index is 13.9. The van der Waals surface area contributed by atoms with Gasteiger partial charge in [0.1, 0.15) is 17.6 Å². The molecular formula is C36H40N8O3. The minimum absolute atomic E-state index is 0.0869. The summed E-state index contributed by atoms with van der Waals surface area (Å²) in [5.74, 6) is -0.0598. The van der Waals surface area contributed by atoms with E-state index in [4.69, 9.17) is 0 Å². The normalized spacial score (nSPS) is 23.0. The van der Waals surface area contributed by atoms with Gasteiger partial charge in [-0.05, 0) is 92.2 Å². The van der Waals surface area contributed by atoms with Crippen molar-refractivity contribution >= 4 is 40.5 Å². The molecule has 3 N–H and O–H groups in total. The molecule has 2 atom stereocenters. The number of aromatic amines is 1. The van der Waals surface area contributed by atoms with Crippen LogP contribution in [0.15, 0.2) is 48.9 Å². The summed E-state index contributed by atoms with van der Waals surface area (Å²) in [6.07, 6.45) is 13.6. The minimum atomic E-state index is -0.802. The summed E-state index contributed by atoms with van der Waals surface area (Å²) >= 11 is 0. The molecule has 0 saturated heterocycles. The Balaban J connectivity index is 1.21. The second-order valence-electron chi connectivity index (χ2n) is 13.4. The molecule has 1 spiro atoms. The van der Waals surface area contributed by atoms with E-state index in [2.05, 4.69) is 61.0 Å². The Labute approximate surface area is 273 Å². The number of carbonyl (C=O) groups is 3. The first-order valence-electron chi connectivity index (χ1n) is 16.3. The van der Waals surface area contributed by atoms with Gasteiger partial charge in [0.25, 0.3) is 5.91 Å². The number of nitrogens with one attached hydrogen (secondary N) is 3. The van der Waals surface area contributed by atoms with Gasteiger partial charge in [-0.25, -0.2) is 4.98 Å². The van der Waals surface area contributed by atoms with Crippen molar-refractivity contribution in [3.05, 3.63) is 88.0 Å². The molecule has 47 heavy (non-hydrogen) atoms. The van der Waals surface area contributed by atoms with Gasteiger partial charge >= 0.3 is 0 Å². The SMILES string of the molecule is Cc1cc(C[C@H]2NC(=O)c3cc4c(cn3)C[C@@]3(C4)C(=O)Nc4ncc(cc43)/C=C/CN(C)CCCCCN(C)C2=O)cc2cn[nH]c12. The van der Waals surface area contributed by atoms with Crippen molar-refractivity contribution in [1.29, 1.82) is 0 Å². The Morgan fingerprint density at radius 3 is 2.64 bits per heavy atom. The molecule has 3 amide bonds. The fourth-order valence-corrected chi connectivity index (χ4v) is 7.26. The van der Waals surface area contributed by atoms with E-state index in [1.807, 2.05) is 19.1 Å². The summed E-state index contributed by atoms with van der Waals surface area (Å²) in [7, 11) is 3.91. The van der Waals surface area contributed by atoms with Crippen molar-refractivity contribution < 1.29 is 14.4 Å². The maximum Gasteiger partial charge on any atom is 0.270 e. The zero-order chi connectivity index (χ0) is 32.7. The molecule has 1 aliphatic carbocycles. The zero-order valence-corrected chi connectivity index (χ0v) is 27.1. The summed E-state index contributed by atoms with van der Waals surface area (Å²) in [4.78, 5) is 54.3. The number of aromatic nitrogens is 4. The molecule has 0 saturated carbocycles. The topological polar surface area (TPSA) is 136 Å². The number of carbonyl (C=O) groups excluding carboxylic acids is 3. The monoisotopic (exact) mass is 632 g/mol. The lowest BCUT2D eigenvalue weighted by molar-refractivity contribution is -0.132. The summed E-state index contributed by atoms with van der Waals surface area (Å²) in [5, 5.41) is 14.2. The average molecular weight is 633 g/mol. The van der Waals surface area contributed by atoms with Crippen LogP contribution in [0.3, 0.4) is 0 Å². The quantitative estimate of drug-likeness (QED) is 0.307. The van der Waals surface area contributed by atoms with E-state index < -0.39 is 17.4 Å². The highest BCUT2D eigenvalue weighted by Gasteiger charge is 2.51. The number of nitrogens with zero attached hydrogens (tertiary/aromatic N) is 5. The van der Waals surface area contributed by atoms with E-state index in [9.17, 15) is 14.4 Å². The Morgan fingerprint density at radius 1 is 0.936 bits per heavy atom. The number of amides is 3. The van der Waals surface area contributed by atoms with Gasteiger partial charge in [0.15, 0.2) is 0 Å². The van der Waals surface area contributed by atoms with Gasteiger partial charge in [-0.2, -0.15) is 5.10 Å². The fraction of sp³-hybridized carbons (Fsp3) is 0.389. The van der Waals surface area contributed by atoms with Gasteiger partial charge in [-0.15, -0.1) is 0 Å². The average Bonchev–Trinajstić information content (AvgIpc) is 3.75. The first-order valence-corrected chi connectivity index (χ1v) is 16.3. The van der Waals surface area contributed by atoms with Crippen molar-refractivity contribution in [1.82, 2.24) is 35.3 Å². The molecule has 3 aromatic heterocycles. The molecule has 11 nitrogen and oxygen atoms in total. The lowest BCUT2D eigenvalue weighted by atomic mass is 9.79. The van der Waals surface area contributed by atoms with Crippen LogP contribution in [-0.4, -0.2) is 87.5 Å². The third-order valence-corrected chi connectivity index (χ3v) is 9.88. The van der Waals surface area contributed by atoms with Crippen LogP contribution in [0.4, 0.5) is 5.82 Å². The van der Waals surface area contributed by atoms with Gasteiger partial charge in [0.05, 0.1) is 17.1 Å². The molecule has 4 aromatic rings. The molecule has 2 aliphatic heterocycles. The molecule has 242 valence electrons. The molecule has 7 rings (SSSR count). The third kappa shape index (κ3) is 5.91. The zero-order valence-electron chi connectivity index (χ0n) is 27.1. The molecular weight excluding hydrogens is 592 g/mol. The molecule has 1 aromatic carbocycles. The van der Waals surface area contributed by atoms with Crippen molar-refractivity contribution in [2.24, 2.45) is 0 Å². The highest BCUT2D eigenvalue weighted by atomic mass is 16.2. The fourth-order valence-electron chi connectivity index (χ4n) is 7.26. The second kappa shape index (κ2) is 12.4. The smallest absolute Gasteiger partial charge is 0.270 e. The van der Waals surface area contributed by atoms with E-state index >= 15 is 0 Å². The number of H-pyrrole nitrogens is 1. The number of aryl methyl sites for hydroxylation is 1. The van der Waals surface area contributed by atoms with Gasteiger partial charge in [-0.1, -0.05) is 24.6 Å². The van der Waals surface area contributed by atoms with E-state index in [1.54, 1.807) is 36.6 Å². The van der Waals surface area contributed by atoms with Gasteiger partial charge < -0.3 is 20.4 Å². The van der Waals surface area contributed by atoms with E-state index in [-0.39, 0.29) is 17.5 Å². The highest BCUT2D eigenvalue weighted by molar-refractivity contribution is 6.06. The van der Waals surface area contributed by atoms with Crippen LogP contribution >= 0.6 is 0 Å². The Bertz CT molecular complexity index is 1920. The highest BCUT2D eigenvalue weighted by Crippen LogP contribution is 2.47. The van der Waals surface area contributed by atoms with Crippen LogP contribution in [0.5, 0.6) is 0 Å². The number of likely N-dealkylation sites (N-methyl/N-ethyl adjacent to an activating group) is 2. The number of benzene rings is 1. The number of pyridine rings is 2. The number of hydrogen-bond acceptors (Lipinski definition) is 7. The molecule has 0 fully saturated rings. The van der Waals surface area contributed by atoms with Crippen LogP contribution in [-0.2, 0) is 34.3 Å². The molecule has 11 heteroatoms. The first kappa shape index (κ1) is 30.7. The first-order chi connectivity index (χ1) is 22.7. The Morgan fingerprint density at radius 2 is 1.77 bits per heavy atom. The van der Waals surface area contributed by atoms with Crippen LogP contribution in [0.1, 0.15) is 63.1 Å². The van der Waals surface area contributed by atoms with E-state index in [1.165, 1.54) is 0 Å². The van der Waals surface area contributed by atoms with Gasteiger partial charge in [-0.3, -0.25) is 24.5 Å². The van der Waals surface area contributed by atoms with E-state index in [0.717, 1.165) is 76.6 Å². The molecule has 0 radical (unpaired) electrons. The predicted molar refractivity (Wildman–Crippen MR) is 180 cm³/mol. The van der Waals surface area contributed by atoms with Crippen LogP contribution in [0.25, 0.3) is 17.0 Å². The predicted octanol–water partition coefficient (Wildman–Crippen LogP) is 3.58. The molecule has 5 bridgehead atoms. The standard InChI is InChI=1S/C36H40N8O3/c1-22-12-24(13-26-21-39-42-31(22)26)15-30-34(46)44(3)11-6-4-5-9-43(2)10-7-8-23-14-28-32(38-19-23)41-35(47)36(28)17-25-16-29(33(45)40-30)37-20-27(25)18-36/h7-8,12-14,16,19-21,30H,4-6,9-11,15,17-18H2,1-3H3,(H,39,42)(H,40,45)(H,38,41,47)/b8-7+/t30-,36-/m1/s1. The summed E-state index contributed by atoms with van der Waals surface area (Å²) in [5.41, 5.74) is 5.99. The summed E-state index contributed by atoms with van der Waals surface area (Å²) in [6.45, 7) is 4.33.